The fourth-order valence-corrected chi connectivity index (χ4v) is 2.97. The number of carbonyl (C=O) groups is 1. The highest BCUT2D eigenvalue weighted by molar-refractivity contribution is 5.82. The Hall–Kier alpha value is -2.75. The van der Waals surface area contributed by atoms with Crippen LogP contribution in [0.4, 0.5) is 0 Å². The average Bonchev–Trinajstić information content (AvgIpc) is 3.06. The molecule has 4 nitrogen and oxygen atoms in total. The van der Waals surface area contributed by atoms with E-state index in [2.05, 4.69) is 32.0 Å². The van der Waals surface area contributed by atoms with Gasteiger partial charge in [-0.15, -0.1) is 0 Å². The van der Waals surface area contributed by atoms with Gasteiger partial charge >= 0.3 is 5.97 Å². The van der Waals surface area contributed by atoms with E-state index in [-0.39, 0.29) is 12.4 Å². The Kier molecular flexibility index (Phi) is 5.31. The van der Waals surface area contributed by atoms with Crippen LogP contribution in [0.5, 0.6) is 5.75 Å². The number of fused-ring (bicyclic) bond motifs is 1. The second-order valence-corrected chi connectivity index (χ2v) is 6.78. The second kappa shape index (κ2) is 7.65. The minimum absolute atomic E-state index is 0.199. The maximum Gasteiger partial charge on any atom is 0.310 e. The van der Waals surface area contributed by atoms with Gasteiger partial charge < -0.3 is 13.9 Å². The van der Waals surface area contributed by atoms with Gasteiger partial charge in [0.05, 0.1) is 13.5 Å². The predicted octanol–water partition coefficient (Wildman–Crippen LogP) is 5.16. The van der Waals surface area contributed by atoms with Gasteiger partial charge in [-0.1, -0.05) is 32.0 Å². The highest BCUT2D eigenvalue weighted by atomic mass is 16.5. The summed E-state index contributed by atoms with van der Waals surface area (Å²) >= 11 is 0. The van der Waals surface area contributed by atoms with E-state index in [4.69, 9.17) is 13.9 Å². The van der Waals surface area contributed by atoms with E-state index >= 15 is 0 Å². The molecule has 0 amide bonds. The first-order chi connectivity index (χ1) is 12.5. The molecular formula is C22H24O4. The van der Waals surface area contributed by atoms with Crippen LogP contribution in [0.3, 0.4) is 0 Å². The van der Waals surface area contributed by atoms with Crippen molar-refractivity contribution >= 4 is 16.9 Å². The van der Waals surface area contributed by atoms with Gasteiger partial charge in [-0.05, 0) is 42.3 Å². The number of ether oxygens (including phenoxy) is 2. The van der Waals surface area contributed by atoms with Crippen molar-refractivity contribution in [3.63, 3.8) is 0 Å². The number of aryl methyl sites for hydroxylation is 1. The van der Waals surface area contributed by atoms with Crippen molar-refractivity contribution in [1.29, 1.82) is 0 Å². The number of esters is 1. The Morgan fingerprint density at radius 2 is 1.92 bits per heavy atom. The standard InChI is InChI=1S/C22H24O4/c1-14(2)20-11-18-10-16(9-15(3)22(18)26-20)13-25-19-8-6-5-7-17(19)12-21(23)24-4/h5-11,14H,12-13H2,1-4H3. The van der Waals surface area contributed by atoms with Gasteiger partial charge in [0.25, 0.3) is 0 Å². The van der Waals surface area contributed by atoms with Crippen molar-refractivity contribution in [3.8, 4) is 5.75 Å². The van der Waals surface area contributed by atoms with Crippen LogP contribution in [0.1, 0.15) is 42.2 Å². The number of furan rings is 1. The highest BCUT2D eigenvalue weighted by Crippen LogP contribution is 2.29. The molecule has 3 aromatic rings. The van der Waals surface area contributed by atoms with Crippen molar-refractivity contribution in [1.82, 2.24) is 0 Å². The van der Waals surface area contributed by atoms with Crippen molar-refractivity contribution in [2.45, 2.75) is 39.7 Å². The molecule has 3 rings (SSSR count). The zero-order valence-electron chi connectivity index (χ0n) is 15.7. The molecule has 1 heterocycles. The number of hydrogen-bond donors (Lipinski definition) is 0. The van der Waals surface area contributed by atoms with Crippen LogP contribution >= 0.6 is 0 Å². The van der Waals surface area contributed by atoms with Gasteiger partial charge in [0.15, 0.2) is 0 Å². The molecule has 0 aliphatic carbocycles. The molecule has 2 aromatic carbocycles. The zero-order chi connectivity index (χ0) is 18.7. The molecule has 0 unspecified atom stereocenters. The molecule has 0 spiro atoms. The lowest BCUT2D eigenvalue weighted by molar-refractivity contribution is -0.139. The van der Waals surface area contributed by atoms with Gasteiger partial charge in [-0.2, -0.15) is 0 Å². The van der Waals surface area contributed by atoms with E-state index in [1.807, 2.05) is 31.2 Å². The smallest absolute Gasteiger partial charge is 0.310 e. The van der Waals surface area contributed by atoms with E-state index in [1.165, 1.54) is 7.11 Å². The first-order valence-corrected chi connectivity index (χ1v) is 8.78. The van der Waals surface area contributed by atoms with Gasteiger partial charge in [0, 0.05) is 16.9 Å². The van der Waals surface area contributed by atoms with Crippen LogP contribution in [-0.4, -0.2) is 13.1 Å². The number of benzene rings is 2. The van der Waals surface area contributed by atoms with E-state index < -0.39 is 0 Å². The van der Waals surface area contributed by atoms with Crippen molar-refractivity contribution in [3.05, 3.63) is 64.9 Å². The maximum absolute atomic E-state index is 11.6. The Bertz CT molecular complexity index is 921. The molecule has 136 valence electrons. The third-order valence-corrected chi connectivity index (χ3v) is 4.38. The maximum atomic E-state index is 11.6. The summed E-state index contributed by atoms with van der Waals surface area (Å²) in [5.41, 5.74) is 3.92. The number of hydrogen-bond acceptors (Lipinski definition) is 4. The predicted molar refractivity (Wildman–Crippen MR) is 102 cm³/mol. The summed E-state index contributed by atoms with van der Waals surface area (Å²) in [4.78, 5) is 11.6. The van der Waals surface area contributed by atoms with E-state index in [0.29, 0.717) is 18.3 Å². The summed E-state index contributed by atoms with van der Waals surface area (Å²) in [6, 6.07) is 13.8. The minimum Gasteiger partial charge on any atom is -0.489 e. The Balaban J connectivity index is 1.81. The minimum atomic E-state index is -0.280. The van der Waals surface area contributed by atoms with Gasteiger partial charge in [-0.3, -0.25) is 4.79 Å². The van der Waals surface area contributed by atoms with E-state index in [0.717, 1.165) is 33.4 Å². The van der Waals surface area contributed by atoms with Crippen molar-refractivity contribution in [2.24, 2.45) is 0 Å². The monoisotopic (exact) mass is 352 g/mol. The number of rotatable bonds is 6. The second-order valence-electron chi connectivity index (χ2n) is 6.78. The van der Waals surface area contributed by atoms with E-state index in [9.17, 15) is 4.79 Å². The first kappa shape index (κ1) is 18.1. The normalized spacial score (nSPS) is 11.1. The molecule has 1 aromatic heterocycles. The third kappa shape index (κ3) is 3.90. The quantitative estimate of drug-likeness (QED) is 0.575. The Morgan fingerprint density at radius 1 is 1.15 bits per heavy atom. The molecule has 0 saturated carbocycles. The van der Waals surface area contributed by atoms with Crippen molar-refractivity contribution < 1.29 is 18.7 Å². The molecule has 0 aliphatic rings. The lowest BCUT2D eigenvalue weighted by Gasteiger charge is -2.11. The number of methoxy groups -OCH3 is 1. The summed E-state index contributed by atoms with van der Waals surface area (Å²) in [5, 5.41) is 1.09. The van der Waals surface area contributed by atoms with Crippen LogP contribution < -0.4 is 4.74 Å². The molecular weight excluding hydrogens is 328 g/mol. The topological polar surface area (TPSA) is 48.7 Å². The van der Waals surface area contributed by atoms with Crippen LogP contribution in [-0.2, 0) is 22.6 Å². The lowest BCUT2D eigenvalue weighted by atomic mass is 10.1. The van der Waals surface area contributed by atoms with Gasteiger partial charge in [0.1, 0.15) is 23.7 Å². The summed E-state index contributed by atoms with van der Waals surface area (Å²) in [6.45, 7) is 6.71. The third-order valence-electron chi connectivity index (χ3n) is 4.38. The molecule has 0 aliphatic heterocycles. The van der Waals surface area contributed by atoms with Gasteiger partial charge in [0.2, 0.25) is 0 Å². The molecule has 0 fully saturated rings. The largest absolute Gasteiger partial charge is 0.489 e. The summed E-state index contributed by atoms with van der Waals surface area (Å²) in [5.74, 6) is 1.76. The van der Waals surface area contributed by atoms with Gasteiger partial charge in [-0.25, -0.2) is 0 Å². The zero-order valence-corrected chi connectivity index (χ0v) is 15.7. The van der Waals surface area contributed by atoms with E-state index in [1.54, 1.807) is 0 Å². The van der Waals surface area contributed by atoms with Crippen molar-refractivity contribution in [2.75, 3.05) is 7.11 Å². The summed E-state index contributed by atoms with van der Waals surface area (Å²) < 4.78 is 16.7. The Morgan fingerprint density at radius 3 is 2.65 bits per heavy atom. The first-order valence-electron chi connectivity index (χ1n) is 8.78. The molecule has 0 radical (unpaired) electrons. The molecule has 26 heavy (non-hydrogen) atoms. The Labute approximate surface area is 153 Å². The molecule has 0 saturated heterocycles. The molecule has 0 atom stereocenters. The number of para-hydroxylation sites is 1. The number of carbonyl (C=O) groups excluding carboxylic acids is 1. The van der Waals surface area contributed by atoms with Crippen LogP contribution in [0.2, 0.25) is 0 Å². The molecule has 0 bridgehead atoms. The van der Waals surface area contributed by atoms with Crippen LogP contribution in [0.15, 0.2) is 46.9 Å². The van der Waals surface area contributed by atoms with Crippen LogP contribution in [0, 0.1) is 6.92 Å². The molecule has 0 N–H and O–H groups in total. The summed E-state index contributed by atoms with van der Waals surface area (Å²) in [7, 11) is 1.39. The lowest BCUT2D eigenvalue weighted by Crippen LogP contribution is -2.06. The highest BCUT2D eigenvalue weighted by Gasteiger charge is 2.12. The SMILES string of the molecule is COC(=O)Cc1ccccc1OCc1cc(C)c2oc(C(C)C)cc2c1. The summed E-state index contributed by atoms with van der Waals surface area (Å²) in [6.07, 6.45) is 0.199. The molecule has 4 heteroatoms. The fourth-order valence-electron chi connectivity index (χ4n) is 2.97. The average molecular weight is 352 g/mol. The van der Waals surface area contributed by atoms with Crippen LogP contribution in [0.25, 0.3) is 11.0 Å². The fraction of sp³-hybridized carbons (Fsp3) is 0.318.